The molecule has 1 aliphatic rings. The van der Waals surface area contributed by atoms with Gasteiger partial charge in [0.1, 0.15) is 0 Å². The summed E-state index contributed by atoms with van der Waals surface area (Å²) in [5, 5.41) is 0. The lowest BCUT2D eigenvalue weighted by atomic mass is 10.0. The number of hydrogen-bond donors (Lipinski definition) is 1. The third kappa shape index (κ3) is 3.92. The van der Waals surface area contributed by atoms with E-state index in [-0.39, 0.29) is 36.3 Å². The summed E-state index contributed by atoms with van der Waals surface area (Å²) in [7, 11) is 1.69. The first kappa shape index (κ1) is 17.9. The van der Waals surface area contributed by atoms with Crippen molar-refractivity contribution in [1.82, 2.24) is 4.90 Å². The normalized spacial score (nSPS) is 22.5. The molecular weight excluding hydrogens is 298 g/mol. The van der Waals surface area contributed by atoms with Gasteiger partial charge in [-0.25, -0.2) is 8.78 Å². The van der Waals surface area contributed by atoms with Crippen LogP contribution in [-0.4, -0.2) is 23.9 Å². The first-order valence-corrected chi connectivity index (χ1v) is 6.87. The summed E-state index contributed by atoms with van der Waals surface area (Å²) >= 11 is 0. The lowest BCUT2D eigenvalue weighted by Crippen LogP contribution is -2.34. The molecule has 3 unspecified atom stereocenters. The number of nitrogens with two attached hydrogens (primary N) is 1. The van der Waals surface area contributed by atoms with Crippen LogP contribution in [0.15, 0.2) is 18.2 Å². The number of carbonyl (C=O) groups excluding carboxylic acids is 1. The second-order valence-corrected chi connectivity index (χ2v) is 5.57. The van der Waals surface area contributed by atoms with Gasteiger partial charge in [0.15, 0.2) is 11.6 Å². The number of amides is 1. The molecule has 21 heavy (non-hydrogen) atoms. The van der Waals surface area contributed by atoms with Crippen LogP contribution in [0.1, 0.15) is 37.8 Å². The number of halogens is 3. The van der Waals surface area contributed by atoms with Crippen LogP contribution in [-0.2, 0) is 4.79 Å². The fourth-order valence-electron chi connectivity index (χ4n) is 2.72. The number of hydrogen-bond acceptors (Lipinski definition) is 2. The molecule has 0 spiro atoms. The summed E-state index contributed by atoms with van der Waals surface area (Å²) < 4.78 is 26.2. The van der Waals surface area contributed by atoms with Crippen LogP contribution in [0, 0.1) is 17.6 Å². The molecule has 3 atom stereocenters. The molecule has 1 aliphatic carbocycles. The standard InChI is InChI=1S/C15H20F2N2O.ClH/c1-9(10-4-6-13(16)14(17)8-10)19(2)15(20)11-3-5-12(18)7-11;/h4,6,8-9,11-12H,3,5,7,18H2,1-2H3;1H. The Morgan fingerprint density at radius 3 is 2.52 bits per heavy atom. The molecule has 2 rings (SSSR count). The van der Waals surface area contributed by atoms with E-state index in [1.54, 1.807) is 18.9 Å². The zero-order valence-corrected chi connectivity index (χ0v) is 13.0. The maximum atomic E-state index is 13.3. The zero-order chi connectivity index (χ0) is 14.9. The minimum absolute atomic E-state index is 0. The summed E-state index contributed by atoms with van der Waals surface area (Å²) in [4.78, 5) is 14.0. The minimum atomic E-state index is -0.891. The van der Waals surface area contributed by atoms with E-state index in [2.05, 4.69) is 0 Å². The van der Waals surface area contributed by atoms with E-state index in [9.17, 15) is 13.6 Å². The monoisotopic (exact) mass is 318 g/mol. The largest absolute Gasteiger partial charge is 0.339 e. The highest BCUT2D eigenvalue weighted by molar-refractivity contribution is 5.85. The molecule has 118 valence electrons. The number of nitrogens with zero attached hydrogens (tertiary/aromatic N) is 1. The molecule has 1 aromatic rings. The first-order valence-electron chi connectivity index (χ1n) is 6.87. The smallest absolute Gasteiger partial charge is 0.225 e. The van der Waals surface area contributed by atoms with E-state index in [4.69, 9.17) is 5.73 Å². The molecule has 0 heterocycles. The van der Waals surface area contributed by atoms with Crippen molar-refractivity contribution < 1.29 is 13.6 Å². The molecular formula is C15H21ClF2N2O. The fraction of sp³-hybridized carbons (Fsp3) is 0.533. The Bertz CT molecular complexity index is 512. The lowest BCUT2D eigenvalue weighted by Gasteiger charge is -2.28. The van der Waals surface area contributed by atoms with E-state index >= 15 is 0 Å². The molecule has 1 amide bonds. The predicted octanol–water partition coefficient (Wildman–Crippen LogP) is 3.03. The van der Waals surface area contributed by atoms with Crippen LogP contribution in [0.25, 0.3) is 0 Å². The van der Waals surface area contributed by atoms with Gasteiger partial charge in [-0.2, -0.15) is 0 Å². The zero-order valence-electron chi connectivity index (χ0n) is 12.2. The van der Waals surface area contributed by atoms with Gasteiger partial charge in [-0.05, 0) is 43.9 Å². The van der Waals surface area contributed by atoms with E-state index < -0.39 is 11.6 Å². The highest BCUT2D eigenvalue weighted by Gasteiger charge is 2.31. The van der Waals surface area contributed by atoms with Gasteiger partial charge in [0, 0.05) is 19.0 Å². The van der Waals surface area contributed by atoms with Crippen molar-refractivity contribution in [3.8, 4) is 0 Å². The van der Waals surface area contributed by atoms with Gasteiger partial charge in [0.25, 0.3) is 0 Å². The van der Waals surface area contributed by atoms with Crippen LogP contribution in [0.5, 0.6) is 0 Å². The number of benzene rings is 1. The summed E-state index contributed by atoms with van der Waals surface area (Å²) in [6, 6.07) is 3.54. The molecule has 0 aliphatic heterocycles. The molecule has 1 fully saturated rings. The predicted molar refractivity (Wildman–Crippen MR) is 80.1 cm³/mol. The van der Waals surface area contributed by atoms with Crippen LogP contribution in [0.2, 0.25) is 0 Å². The van der Waals surface area contributed by atoms with Crippen molar-refractivity contribution in [2.45, 2.75) is 38.3 Å². The molecule has 1 aromatic carbocycles. The Morgan fingerprint density at radius 2 is 2.00 bits per heavy atom. The first-order chi connectivity index (χ1) is 9.40. The topological polar surface area (TPSA) is 46.3 Å². The van der Waals surface area contributed by atoms with Gasteiger partial charge in [0.2, 0.25) is 5.91 Å². The fourth-order valence-corrected chi connectivity index (χ4v) is 2.72. The van der Waals surface area contributed by atoms with Crippen LogP contribution in [0.4, 0.5) is 8.78 Å². The average molecular weight is 319 g/mol. The summed E-state index contributed by atoms with van der Waals surface area (Å²) in [5.74, 6) is -1.80. The molecule has 0 radical (unpaired) electrons. The number of rotatable bonds is 3. The molecule has 1 saturated carbocycles. The van der Waals surface area contributed by atoms with Gasteiger partial charge in [-0.15, -0.1) is 12.4 Å². The second kappa shape index (κ2) is 7.18. The van der Waals surface area contributed by atoms with Gasteiger partial charge in [-0.3, -0.25) is 4.79 Å². The summed E-state index contributed by atoms with van der Waals surface area (Å²) in [6.07, 6.45) is 2.37. The molecule has 0 saturated heterocycles. The summed E-state index contributed by atoms with van der Waals surface area (Å²) in [6.45, 7) is 1.81. The lowest BCUT2D eigenvalue weighted by molar-refractivity contribution is -0.136. The Hall–Kier alpha value is -1.20. The van der Waals surface area contributed by atoms with Crippen molar-refractivity contribution in [1.29, 1.82) is 0 Å². The number of carbonyl (C=O) groups is 1. The van der Waals surface area contributed by atoms with E-state index in [0.29, 0.717) is 12.0 Å². The van der Waals surface area contributed by atoms with Crippen molar-refractivity contribution in [3.05, 3.63) is 35.4 Å². The van der Waals surface area contributed by atoms with Crippen molar-refractivity contribution in [2.24, 2.45) is 11.7 Å². The Kier molecular flexibility index (Phi) is 6.10. The SMILES string of the molecule is CC(c1ccc(F)c(F)c1)N(C)C(=O)C1CCC(N)C1.Cl. The van der Waals surface area contributed by atoms with Crippen LogP contribution < -0.4 is 5.73 Å². The molecule has 6 heteroatoms. The second-order valence-electron chi connectivity index (χ2n) is 5.57. The molecule has 3 nitrogen and oxygen atoms in total. The van der Waals surface area contributed by atoms with Crippen LogP contribution >= 0.6 is 12.4 Å². The quantitative estimate of drug-likeness (QED) is 0.931. The molecule has 2 N–H and O–H groups in total. The van der Waals surface area contributed by atoms with Crippen molar-refractivity contribution in [2.75, 3.05) is 7.05 Å². The molecule has 0 aromatic heterocycles. The van der Waals surface area contributed by atoms with E-state index in [1.807, 2.05) is 0 Å². The van der Waals surface area contributed by atoms with Gasteiger partial charge >= 0.3 is 0 Å². The Labute approximate surface area is 129 Å². The van der Waals surface area contributed by atoms with Gasteiger partial charge < -0.3 is 10.6 Å². The van der Waals surface area contributed by atoms with Gasteiger partial charge in [-0.1, -0.05) is 6.07 Å². The Morgan fingerprint density at radius 1 is 1.33 bits per heavy atom. The summed E-state index contributed by atoms with van der Waals surface area (Å²) in [5.41, 5.74) is 6.41. The van der Waals surface area contributed by atoms with Crippen molar-refractivity contribution in [3.63, 3.8) is 0 Å². The van der Waals surface area contributed by atoms with Crippen LogP contribution in [0.3, 0.4) is 0 Å². The third-order valence-corrected chi connectivity index (χ3v) is 4.18. The maximum Gasteiger partial charge on any atom is 0.225 e. The van der Waals surface area contributed by atoms with Crippen molar-refractivity contribution >= 4 is 18.3 Å². The highest BCUT2D eigenvalue weighted by Crippen LogP contribution is 2.29. The average Bonchev–Trinajstić information content (AvgIpc) is 2.86. The minimum Gasteiger partial charge on any atom is -0.339 e. The molecule has 0 bridgehead atoms. The Balaban J connectivity index is 0.00000220. The maximum absolute atomic E-state index is 13.3. The van der Waals surface area contributed by atoms with E-state index in [0.717, 1.165) is 25.0 Å². The van der Waals surface area contributed by atoms with E-state index in [1.165, 1.54) is 6.07 Å². The third-order valence-electron chi connectivity index (χ3n) is 4.18. The highest BCUT2D eigenvalue weighted by atomic mass is 35.5. The van der Waals surface area contributed by atoms with Gasteiger partial charge in [0.05, 0.1) is 6.04 Å².